The largest absolute Gasteiger partial charge is 0.481 e. The number of ether oxygens (including phenoxy) is 11. The Hall–Kier alpha value is -3.07. The lowest BCUT2D eigenvalue weighted by Gasteiger charge is -2.51. The molecule has 17 heteroatoms. The van der Waals surface area contributed by atoms with Gasteiger partial charge in [0.05, 0.1) is 62.2 Å². The fraction of sp³-hybridized carbons (Fsp3) is 0.788. The number of hydrogen-bond donors (Lipinski definition) is 3. The number of methoxy groups -OCH3 is 2. The number of esters is 2. The van der Waals surface area contributed by atoms with Crippen LogP contribution in [0.4, 0.5) is 0 Å². The minimum Gasteiger partial charge on any atom is -0.481 e. The number of aliphatic carboxylic acids is 1. The number of carboxylic acid groups (broad SMARTS) is 1. The number of carboxylic acids is 1. The second kappa shape index (κ2) is 22.8. The molecule has 5 saturated heterocycles. The molecule has 1 aliphatic carbocycles. The molecular weight excluding hydrogens is 897 g/mol. The summed E-state index contributed by atoms with van der Waals surface area (Å²) in [5, 5.41) is 32.7. The highest BCUT2D eigenvalue weighted by atomic mass is 16.7. The molecule has 0 unspecified atom stereocenters. The van der Waals surface area contributed by atoms with Crippen molar-refractivity contribution < 1.29 is 81.8 Å². The van der Waals surface area contributed by atoms with Gasteiger partial charge in [0.1, 0.15) is 35.9 Å². The highest BCUT2D eigenvalue weighted by Gasteiger charge is 2.61. The maximum atomic E-state index is 14.7. The highest BCUT2D eigenvalue weighted by molar-refractivity contribution is 5.79. The average molecular weight is 975 g/mol. The first-order chi connectivity index (χ1) is 32.8. The maximum Gasteiger partial charge on any atom is 0.316 e. The number of allylic oxidation sites excluding steroid dienone is 2. The van der Waals surface area contributed by atoms with Crippen molar-refractivity contribution in [1.82, 2.24) is 0 Å². The Morgan fingerprint density at radius 1 is 0.913 bits per heavy atom. The summed E-state index contributed by atoms with van der Waals surface area (Å²) in [6.07, 6.45) is 4.39. The molecule has 6 heterocycles. The van der Waals surface area contributed by atoms with E-state index >= 15 is 0 Å². The van der Waals surface area contributed by atoms with Crippen LogP contribution in [0.5, 0.6) is 0 Å². The van der Waals surface area contributed by atoms with Gasteiger partial charge in [0.25, 0.3) is 0 Å². The molecule has 0 aromatic rings. The van der Waals surface area contributed by atoms with Crippen molar-refractivity contribution >= 4 is 17.9 Å². The van der Waals surface area contributed by atoms with E-state index in [4.69, 9.17) is 52.1 Å². The second-order valence-electron chi connectivity index (χ2n) is 20.7. The molecule has 20 atom stereocenters. The maximum absolute atomic E-state index is 14.7. The number of carbonyl (C=O) groups excluding carboxylic acids is 2. The van der Waals surface area contributed by atoms with Crippen molar-refractivity contribution in [2.24, 2.45) is 23.7 Å². The molecule has 0 aromatic heterocycles. The minimum absolute atomic E-state index is 0.0592. The van der Waals surface area contributed by atoms with Crippen molar-refractivity contribution in [1.29, 1.82) is 0 Å². The van der Waals surface area contributed by atoms with E-state index in [-0.39, 0.29) is 31.0 Å². The molecule has 3 N–H and O–H groups in total. The minimum atomic E-state index is -1.99. The Morgan fingerprint density at radius 2 is 1.62 bits per heavy atom. The molecule has 7 rings (SSSR count). The Balaban J connectivity index is 1.20. The fourth-order valence-electron chi connectivity index (χ4n) is 11.5. The molecule has 0 saturated carbocycles. The quantitative estimate of drug-likeness (QED) is 0.151. The van der Waals surface area contributed by atoms with Gasteiger partial charge in [-0.15, -0.1) is 0 Å². The van der Waals surface area contributed by atoms with Gasteiger partial charge in [-0.1, -0.05) is 64.5 Å². The monoisotopic (exact) mass is 975 g/mol. The summed E-state index contributed by atoms with van der Waals surface area (Å²) in [5.74, 6) is -4.48. The van der Waals surface area contributed by atoms with E-state index in [0.29, 0.717) is 55.6 Å². The van der Waals surface area contributed by atoms with Gasteiger partial charge in [0, 0.05) is 52.2 Å². The number of rotatable bonds is 12. The van der Waals surface area contributed by atoms with E-state index in [2.05, 4.69) is 26.8 Å². The van der Waals surface area contributed by atoms with Crippen molar-refractivity contribution in [2.75, 3.05) is 20.8 Å². The van der Waals surface area contributed by atoms with Crippen LogP contribution in [0.15, 0.2) is 47.1 Å². The van der Waals surface area contributed by atoms with E-state index in [9.17, 15) is 29.7 Å². The van der Waals surface area contributed by atoms with Crippen molar-refractivity contribution in [2.45, 2.75) is 217 Å². The number of hydrogen-bond acceptors (Lipinski definition) is 16. The summed E-state index contributed by atoms with van der Waals surface area (Å²) in [4.78, 5) is 38.9. The van der Waals surface area contributed by atoms with Gasteiger partial charge in [-0.2, -0.15) is 0 Å². The molecular formula is C52H78O17. The molecule has 388 valence electrons. The highest BCUT2D eigenvalue weighted by Crippen LogP contribution is 2.49. The van der Waals surface area contributed by atoms with E-state index in [0.717, 1.165) is 18.4 Å². The van der Waals surface area contributed by atoms with Gasteiger partial charge in [-0.05, 0) is 69.1 Å². The molecule has 1 spiro atoms. The van der Waals surface area contributed by atoms with Gasteiger partial charge in [0.2, 0.25) is 0 Å². The molecule has 0 aromatic carbocycles. The van der Waals surface area contributed by atoms with Crippen LogP contribution in [0.25, 0.3) is 0 Å². The van der Waals surface area contributed by atoms with Crippen LogP contribution >= 0.6 is 0 Å². The van der Waals surface area contributed by atoms with Crippen molar-refractivity contribution in [3.8, 4) is 0 Å². The summed E-state index contributed by atoms with van der Waals surface area (Å²) in [6, 6.07) is 0. The normalized spacial score (nSPS) is 45.4. The number of aliphatic hydroxyl groups is 2. The molecule has 69 heavy (non-hydrogen) atoms. The zero-order valence-corrected chi connectivity index (χ0v) is 42.1. The van der Waals surface area contributed by atoms with Gasteiger partial charge in [0.15, 0.2) is 24.5 Å². The lowest BCUT2D eigenvalue weighted by atomic mass is 9.70. The van der Waals surface area contributed by atoms with E-state index in [1.165, 1.54) is 0 Å². The first-order valence-corrected chi connectivity index (χ1v) is 25.2. The predicted molar refractivity (Wildman–Crippen MR) is 248 cm³/mol. The van der Waals surface area contributed by atoms with Crippen molar-refractivity contribution in [3.05, 3.63) is 47.1 Å². The lowest BCUT2D eigenvalue weighted by Crippen LogP contribution is -2.59. The Labute approximate surface area is 407 Å². The zero-order valence-electron chi connectivity index (χ0n) is 42.1. The third-order valence-corrected chi connectivity index (χ3v) is 15.7. The number of fused-ring (bicyclic) bond motifs is 2. The Kier molecular flexibility index (Phi) is 17.7. The molecule has 0 amide bonds. The van der Waals surface area contributed by atoms with Crippen LogP contribution < -0.4 is 0 Å². The summed E-state index contributed by atoms with van der Waals surface area (Å²) in [6.45, 7) is 15.9. The summed E-state index contributed by atoms with van der Waals surface area (Å²) in [5.41, 5.74) is -0.202. The summed E-state index contributed by atoms with van der Waals surface area (Å²) in [7, 11) is 3.19. The van der Waals surface area contributed by atoms with Crippen LogP contribution in [-0.2, 0) is 66.5 Å². The lowest BCUT2D eigenvalue weighted by molar-refractivity contribution is -0.340. The predicted octanol–water partition coefficient (Wildman–Crippen LogP) is 6.02. The van der Waals surface area contributed by atoms with E-state index < -0.39 is 121 Å². The van der Waals surface area contributed by atoms with Gasteiger partial charge in [-0.25, -0.2) is 0 Å². The van der Waals surface area contributed by atoms with Crippen LogP contribution in [-0.4, -0.2) is 151 Å². The van der Waals surface area contributed by atoms with Crippen molar-refractivity contribution in [3.63, 3.8) is 0 Å². The van der Waals surface area contributed by atoms with Gasteiger partial charge in [-0.3, -0.25) is 14.4 Å². The number of carbonyl (C=O) groups is 3. The summed E-state index contributed by atoms with van der Waals surface area (Å²) < 4.78 is 70.1. The second-order valence-corrected chi connectivity index (χ2v) is 20.7. The number of aliphatic hydroxyl groups excluding tert-OH is 1. The topological polar surface area (TPSA) is 213 Å². The van der Waals surface area contributed by atoms with Crippen LogP contribution in [0.2, 0.25) is 0 Å². The summed E-state index contributed by atoms with van der Waals surface area (Å²) >= 11 is 0. The van der Waals surface area contributed by atoms with Gasteiger partial charge >= 0.3 is 17.9 Å². The van der Waals surface area contributed by atoms with Crippen LogP contribution in [0.1, 0.15) is 120 Å². The third-order valence-electron chi connectivity index (χ3n) is 15.7. The fourth-order valence-corrected chi connectivity index (χ4v) is 11.5. The first-order valence-electron chi connectivity index (χ1n) is 25.2. The zero-order chi connectivity index (χ0) is 49.9. The van der Waals surface area contributed by atoms with Crippen LogP contribution in [0.3, 0.4) is 0 Å². The van der Waals surface area contributed by atoms with E-state index in [1.54, 1.807) is 46.3 Å². The molecule has 7 aliphatic rings. The standard InChI is InChI=1S/C52H78O17/c1-11-27(2)46-30(5)19-20-51(69-46)25-36-22-35(68-51)16-15-29(4)45(66-43-24-39(60-10)48(33(8)63-43)67-42-23-38(59-9)44(56)32(7)62-42)28(3)13-12-14-34-26-61-49-47(65-41(55)18-17-40(53)54)31(6)21-37(50(57)64-36)52(34,49)58/h12-15,21,27-28,30,32-33,35-39,42-49,56,58H,11,16-20,22-26H2,1-10H3,(H,53,54)/b13-12+,29-15+,34-14+/t27-,28-,30-,32-,33-,35+,36-,37-,38-,39-,42-,43-,44-,45-,46+,47+,48-,49+,51+,52+/m0/s1. The molecule has 0 radical (unpaired) electrons. The SMILES string of the molecule is CC[C@H](C)[C@H]1O[C@]2(CC[C@@H]1C)C[C@@H]1C[C@@H](C/C=C(\C)[C@@H](O[C@H]3C[C@H](OC)[C@@H](O[C@H]4C[C@H](OC)[C@@H](O)[C@H](C)O4)[C@H](C)O3)[C@@H](C)/C=C/C=C3\CO[C@@H]4[C@H](OC(=O)CCC(=O)O)C(C)=C[C@@H](C(=O)O1)[C@]34O)O2. The molecule has 5 fully saturated rings. The first kappa shape index (κ1) is 53.7. The average Bonchev–Trinajstić information content (AvgIpc) is 3.65. The third kappa shape index (κ3) is 11.9. The van der Waals surface area contributed by atoms with Crippen LogP contribution in [0, 0.1) is 23.7 Å². The molecule has 6 aliphatic heterocycles. The van der Waals surface area contributed by atoms with Gasteiger partial charge < -0.3 is 67.4 Å². The Bertz CT molecular complexity index is 1930. The molecule has 17 nitrogen and oxygen atoms in total. The molecule has 2 bridgehead atoms. The Morgan fingerprint density at radius 3 is 2.33 bits per heavy atom. The van der Waals surface area contributed by atoms with E-state index in [1.807, 2.05) is 26.8 Å². The smallest absolute Gasteiger partial charge is 0.316 e.